The van der Waals surface area contributed by atoms with Crippen molar-refractivity contribution >= 4 is 11.9 Å². The highest BCUT2D eigenvalue weighted by molar-refractivity contribution is 5.79. The molecule has 3 rings (SSSR count). The summed E-state index contributed by atoms with van der Waals surface area (Å²) < 4.78 is 5.98. The molecular formula is C22H39N7O. The molecule has 0 amide bonds. The molecule has 30 heavy (non-hydrogen) atoms. The first kappa shape index (κ1) is 22.7. The molecule has 0 atom stereocenters. The number of nitrogens with zero attached hydrogens (tertiary/aromatic N) is 5. The highest BCUT2D eigenvalue weighted by Gasteiger charge is 2.18. The Kier molecular flexibility index (Phi) is 10.2. The van der Waals surface area contributed by atoms with Crippen LogP contribution in [-0.4, -0.2) is 86.4 Å². The Morgan fingerprint density at radius 2 is 1.73 bits per heavy atom. The SMILES string of the molecule is CN=C(NCCCOC1CCCCC1)NCCCN1CCN(c2ncccn2)CC1. The predicted octanol–water partition coefficient (Wildman–Crippen LogP) is 1.89. The van der Waals surface area contributed by atoms with Crippen LogP contribution in [0.2, 0.25) is 0 Å². The Morgan fingerprint density at radius 3 is 2.43 bits per heavy atom. The molecule has 1 aliphatic carbocycles. The van der Waals surface area contributed by atoms with Gasteiger partial charge in [0, 0.05) is 65.3 Å². The van der Waals surface area contributed by atoms with Crippen LogP contribution >= 0.6 is 0 Å². The number of piperazine rings is 1. The number of rotatable bonds is 10. The van der Waals surface area contributed by atoms with Crippen molar-refractivity contribution in [1.82, 2.24) is 25.5 Å². The van der Waals surface area contributed by atoms with Gasteiger partial charge in [-0.15, -0.1) is 0 Å². The van der Waals surface area contributed by atoms with Crippen molar-refractivity contribution < 1.29 is 4.74 Å². The second-order valence-electron chi connectivity index (χ2n) is 8.14. The second kappa shape index (κ2) is 13.4. The normalized spacial score (nSPS) is 19.1. The molecule has 1 aromatic heterocycles. The Labute approximate surface area is 181 Å². The molecular weight excluding hydrogens is 378 g/mol. The fraction of sp³-hybridized carbons (Fsp3) is 0.773. The van der Waals surface area contributed by atoms with Gasteiger partial charge in [0.2, 0.25) is 5.95 Å². The summed E-state index contributed by atoms with van der Waals surface area (Å²) in [5.74, 6) is 1.73. The molecule has 2 aliphatic rings. The van der Waals surface area contributed by atoms with Crippen LogP contribution in [0, 0.1) is 0 Å². The molecule has 2 N–H and O–H groups in total. The van der Waals surface area contributed by atoms with Crippen LogP contribution in [0.4, 0.5) is 5.95 Å². The summed E-state index contributed by atoms with van der Waals surface area (Å²) in [5.41, 5.74) is 0. The highest BCUT2D eigenvalue weighted by Crippen LogP contribution is 2.20. The molecule has 2 fully saturated rings. The van der Waals surface area contributed by atoms with Crippen molar-refractivity contribution in [3.63, 3.8) is 0 Å². The molecule has 1 saturated carbocycles. The third-order valence-electron chi connectivity index (χ3n) is 5.89. The van der Waals surface area contributed by atoms with Gasteiger partial charge in [0.25, 0.3) is 0 Å². The average molecular weight is 418 g/mol. The number of hydrogen-bond acceptors (Lipinski definition) is 6. The number of aliphatic imine (C=N–C) groups is 1. The van der Waals surface area contributed by atoms with Crippen molar-refractivity contribution in [3.05, 3.63) is 18.5 Å². The zero-order valence-electron chi connectivity index (χ0n) is 18.6. The molecule has 0 radical (unpaired) electrons. The summed E-state index contributed by atoms with van der Waals surface area (Å²) in [6.07, 6.45) is 12.8. The lowest BCUT2D eigenvalue weighted by Gasteiger charge is -2.34. The average Bonchev–Trinajstić information content (AvgIpc) is 2.82. The van der Waals surface area contributed by atoms with Gasteiger partial charge in [0.05, 0.1) is 6.10 Å². The summed E-state index contributed by atoms with van der Waals surface area (Å²) in [7, 11) is 1.83. The summed E-state index contributed by atoms with van der Waals surface area (Å²) in [5, 5.41) is 6.82. The zero-order chi connectivity index (χ0) is 20.9. The van der Waals surface area contributed by atoms with E-state index in [-0.39, 0.29) is 0 Å². The lowest BCUT2D eigenvalue weighted by molar-refractivity contribution is 0.0277. The molecule has 1 saturated heterocycles. The maximum atomic E-state index is 5.98. The predicted molar refractivity (Wildman–Crippen MR) is 122 cm³/mol. The third-order valence-corrected chi connectivity index (χ3v) is 5.89. The number of aromatic nitrogens is 2. The van der Waals surface area contributed by atoms with E-state index in [0.717, 1.165) is 77.2 Å². The minimum atomic E-state index is 0.498. The quantitative estimate of drug-likeness (QED) is 0.342. The van der Waals surface area contributed by atoms with Crippen LogP contribution in [0.15, 0.2) is 23.5 Å². The molecule has 1 aliphatic heterocycles. The zero-order valence-corrected chi connectivity index (χ0v) is 18.6. The van der Waals surface area contributed by atoms with Gasteiger partial charge in [-0.2, -0.15) is 0 Å². The molecule has 1 aromatic rings. The van der Waals surface area contributed by atoms with Crippen LogP contribution in [0.1, 0.15) is 44.9 Å². The van der Waals surface area contributed by atoms with E-state index >= 15 is 0 Å². The fourth-order valence-electron chi connectivity index (χ4n) is 4.12. The van der Waals surface area contributed by atoms with E-state index in [1.165, 1.54) is 32.1 Å². The van der Waals surface area contributed by atoms with Crippen LogP contribution in [-0.2, 0) is 4.74 Å². The number of nitrogens with one attached hydrogen (secondary N) is 2. The summed E-state index contributed by atoms with van der Waals surface area (Å²) in [6.45, 7) is 7.87. The smallest absolute Gasteiger partial charge is 0.225 e. The van der Waals surface area contributed by atoms with Crippen molar-refractivity contribution in [2.24, 2.45) is 4.99 Å². The van der Waals surface area contributed by atoms with E-state index in [1.807, 2.05) is 25.5 Å². The first-order valence-corrected chi connectivity index (χ1v) is 11.7. The lowest BCUT2D eigenvalue weighted by Crippen LogP contribution is -2.47. The Morgan fingerprint density at radius 1 is 1.03 bits per heavy atom. The van der Waals surface area contributed by atoms with E-state index in [1.54, 1.807) is 0 Å². The van der Waals surface area contributed by atoms with E-state index in [4.69, 9.17) is 4.74 Å². The number of hydrogen-bond donors (Lipinski definition) is 2. The monoisotopic (exact) mass is 417 g/mol. The van der Waals surface area contributed by atoms with Crippen LogP contribution in [0.3, 0.4) is 0 Å². The molecule has 0 unspecified atom stereocenters. The van der Waals surface area contributed by atoms with Gasteiger partial charge < -0.3 is 20.3 Å². The Balaban J connectivity index is 1.19. The van der Waals surface area contributed by atoms with Gasteiger partial charge in [-0.1, -0.05) is 19.3 Å². The van der Waals surface area contributed by atoms with Gasteiger partial charge in [0.1, 0.15) is 0 Å². The molecule has 0 spiro atoms. The molecule has 0 aromatic carbocycles. The Bertz CT molecular complexity index is 599. The van der Waals surface area contributed by atoms with Gasteiger partial charge in [0.15, 0.2) is 5.96 Å². The largest absolute Gasteiger partial charge is 0.378 e. The van der Waals surface area contributed by atoms with Crippen molar-refractivity contribution in [1.29, 1.82) is 0 Å². The molecule has 2 heterocycles. The maximum Gasteiger partial charge on any atom is 0.225 e. The molecule has 8 nitrogen and oxygen atoms in total. The van der Waals surface area contributed by atoms with Crippen molar-refractivity contribution in [2.45, 2.75) is 51.0 Å². The van der Waals surface area contributed by atoms with E-state index in [9.17, 15) is 0 Å². The van der Waals surface area contributed by atoms with Gasteiger partial charge >= 0.3 is 0 Å². The minimum Gasteiger partial charge on any atom is -0.378 e. The first-order chi connectivity index (χ1) is 14.8. The van der Waals surface area contributed by atoms with Crippen LogP contribution in [0.5, 0.6) is 0 Å². The van der Waals surface area contributed by atoms with Crippen LogP contribution in [0.25, 0.3) is 0 Å². The number of guanidine groups is 1. The van der Waals surface area contributed by atoms with E-state index < -0.39 is 0 Å². The molecule has 168 valence electrons. The van der Waals surface area contributed by atoms with E-state index in [2.05, 4.69) is 35.4 Å². The number of anilines is 1. The van der Waals surface area contributed by atoms with Gasteiger partial charge in [-0.25, -0.2) is 9.97 Å². The maximum absolute atomic E-state index is 5.98. The molecule has 0 bridgehead atoms. The summed E-state index contributed by atoms with van der Waals surface area (Å²) in [4.78, 5) is 17.8. The minimum absolute atomic E-state index is 0.498. The lowest BCUT2D eigenvalue weighted by atomic mass is 9.98. The van der Waals surface area contributed by atoms with Crippen molar-refractivity contribution in [2.75, 3.05) is 64.4 Å². The van der Waals surface area contributed by atoms with Crippen molar-refractivity contribution in [3.8, 4) is 0 Å². The number of ether oxygens (including phenoxy) is 1. The standard InChI is InChI=1S/C22H39N7O/c1-23-21(25-13-7-19-30-20-8-3-2-4-9-20)24-12-6-14-28-15-17-29(18-16-28)22-26-10-5-11-27-22/h5,10-11,20H,2-4,6-9,12-19H2,1H3,(H2,23,24,25). The van der Waals surface area contributed by atoms with E-state index in [0.29, 0.717) is 6.10 Å². The highest BCUT2D eigenvalue weighted by atomic mass is 16.5. The summed E-state index contributed by atoms with van der Waals surface area (Å²) in [6, 6.07) is 1.86. The van der Waals surface area contributed by atoms with Gasteiger partial charge in [-0.3, -0.25) is 9.89 Å². The fourth-order valence-corrected chi connectivity index (χ4v) is 4.12. The Hall–Kier alpha value is -1.93. The third kappa shape index (κ3) is 8.07. The summed E-state index contributed by atoms with van der Waals surface area (Å²) >= 11 is 0. The second-order valence-corrected chi connectivity index (χ2v) is 8.14. The van der Waals surface area contributed by atoms with Crippen LogP contribution < -0.4 is 15.5 Å². The van der Waals surface area contributed by atoms with Gasteiger partial charge in [-0.05, 0) is 38.3 Å². The topological polar surface area (TPSA) is 77.9 Å². The molecule has 8 heteroatoms. The first-order valence-electron chi connectivity index (χ1n) is 11.7.